The molecule has 1 N–H and O–H groups in total. The van der Waals surface area contributed by atoms with Crippen molar-refractivity contribution in [3.63, 3.8) is 0 Å². The molecule has 3 nitrogen and oxygen atoms in total. The van der Waals surface area contributed by atoms with E-state index < -0.39 is 0 Å². The molecule has 0 spiro atoms. The number of aryl methyl sites for hydroxylation is 1. The number of ether oxygens (including phenoxy) is 1. The summed E-state index contributed by atoms with van der Waals surface area (Å²) in [6.07, 6.45) is 1.31. The van der Waals surface area contributed by atoms with E-state index in [1.165, 1.54) is 0 Å². The third-order valence-electron chi connectivity index (χ3n) is 4.17. The summed E-state index contributed by atoms with van der Waals surface area (Å²) in [5.74, 6) is 0. The van der Waals surface area contributed by atoms with Gasteiger partial charge in [-0.15, -0.1) is 0 Å². The topological polar surface area (TPSA) is 45.0 Å². The quantitative estimate of drug-likeness (QED) is 0.899. The van der Waals surface area contributed by atoms with Crippen molar-refractivity contribution in [3.8, 4) is 6.07 Å². The second kappa shape index (κ2) is 5.22. The minimum absolute atomic E-state index is 0.105. The summed E-state index contributed by atoms with van der Waals surface area (Å²) in [4.78, 5) is 0. The van der Waals surface area contributed by atoms with Crippen molar-refractivity contribution in [2.75, 3.05) is 11.9 Å². The Morgan fingerprint density at radius 2 is 2.21 bits per heavy atom. The number of anilines is 1. The molecule has 1 aromatic rings. The van der Waals surface area contributed by atoms with Crippen LogP contribution in [0.3, 0.4) is 0 Å². The Labute approximate surface area is 115 Å². The molecular weight excluding hydrogens is 236 g/mol. The van der Waals surface area contributed by atoms with Crippen LogP contribution < -0.4 is 5.32 Å². The van der Waals surface area contributed by atoms with Gasteiger partial charge >= 0.3 is 0 Å². The highest BCUT2D eigenvalue weighted by atomic mass is 16.5. The molecule has 1 saturated carbocycles. The van der Waals surface area contributed by atoms with Crippen LogP contribution in [0, 0.1) is 23.7 Å². The highest BCUT2D eigenvalue weighted by Crippen LogP contribution is 2.44. The monoisotopic (exact) mass is 258 g/mol. The van der Waals surface area contributed by atoms with Gasteiger partial charge in [-0.1, -0.05) is 19.9 Å². The van der Waals surface area contributed by atoms with Crippen LogP contribution in [-0.2, 0) is 4.74 Å². The Kier molecular flexibility index (Phi) is 3.82. The van der Waals surface area contributed by atoms with Crippen LogP contribution in [0.5, 0.6) is 0 Å². The third kappa shape index (κ3) is 2.59. The van der Waals surface area contributed by atoms with Gasteiger partial charge in [-0.3, -0.25) is 0 Å². The molecule has 1 fully saturated rings. The van der Waals surface area contributed by atoms with Gasteiger partial charge in [0.25, 0.3) is 0 Å². The van der Waals surface area contributed by atoms with Gasteiger partial charge in [-0.05, 0) is 38.0 Å². The Morgan fingerprint density at radius 3 is 2.79 bits per heavy atom. The van der Waals surface area contributed by atoms with Crippen molar-refractivity contribution in [3.05, 3.63) is 29.3 Å². The van der Waals surface area contributed by atoms with Crippen molar-refractivity contribution in [2.45, 2.75) is 46.3 Å². The molecule has 2 atom stereocenters. The van der Waals surface area contributed by atoms with E-state index >= 15 is 0 Å². The zero-order chi connectivity index (χ0) is 14.0. The Morgan fingerprint density at radius 1 is 1.47 bits per heavy atom. The maximum Gasteiger partial charge on any atom is 0.101 e. The van der Waals surface area contributed by atoms with Crippen molar-refractivity contribution in [2.24, 2.45) is 5.41 Å². The molecule has 1 aromatic carbocycles. The van der Waals surface area contributed by atoms with E-state index in [0.717, 1.165) is 29.8 Å². The second-order valence-electron chi connectivity index (χ2n) is 5.86. The molecule has 0 bridgehead atoms. The van der Waals surface area contributed by atoms with Gasteiger partial charge < -0.3 is 10.1 Å². The van der Waals surface area contributed by atoms with Crippen molar-refractivity contribution < 1.29 is 4.74 Å². The molecular formula is C16H22N2O. The molecule has 0 amide bonds. The lowest BCUT2D eigenvalue weighted by Gasteiger charge is -2.52. The second-order valence-corrected chi connectivity index (χ2v) is 5.86. The lowest BCUT2D eigenvalue weighted by atomic mass is 9.64. The summed E-state index contributed by atoms with van der Waals surface area (Å²) < 4.78 is 5.73. The Hall–Kier alpha value is -1.53. The van der Waals surface area contributed by atoms with E-state index in [0.29, 0.717) is 12.1 Å². The fourth-order valence-corrected chi connectivity index (χ4v) is 2.68. The highest BCUT2D eigenvalue weighted by molar-refractivity contribution is 5.59. The predicted octanol–water partition coefficient (Wildman–Crippen LogP) is 3.48. The Bertz CT molecular complexity index is 502. The van der Waals surface area contributed by atoms with Crippen LogP contribution in [0.1, 0.15) is 38.3 Å². The van der Waals surface area contributed by atoms with Gasteiger partial charge in [0.2, 0.25) is 0 Å². The number of nitrogens with zero attached hydrogens (tertiary/aromatic N) is 1. The molecule has 1 aliphatic rings. The van der Waals surface area contributed by atoms with E-state index in [9.17, 15) is 5.26 Å². The van der Waals surface area contributed by atoms with Crippen molar-refractivity contribution >= 4 is 5.69 Å². The SMILES string of the molecule is CCOC1CC(Nc2ccc(C)cc2C#N)C1(C)C. The number of hydrogen-bond donors (Lipinski definition) is 1. The first-order valence-corrected chi connectivity index (χ1v) is 6.88. The van der Waals surface area contributed by atoms with Crippen LogP contribution in [0.25, 0.3) is 0 Å². The van der Waals surface area contributed by atoms with Gasteiger partial charge in [-0.25, -0.2) is 0 Å². The molecule has 0 radical (unpaired) electrons. The fraction of sp³-hybridized carbons (Fsp3) is 0.562. The van der Waals surface area contributed by atoms with Crippen molar-refractivity contribution in [1.82, 2.24) is 0 Å². The first kappa shape index (κ1) is 13.9. The maximum atomic E-state index is 9.20. The number of hydrogen-bond acceptors (Lipinski definition) is 3. The first-order chi connectivity index (χ1) is 8.98. The molecule has 2 rings (SSSR count). The highest BCUT2D eigenvalue weighted by Gasteiger charge is 2.48. The average Bonchev–Trinajstić information content (AvgIpc) is 2.39. The summed E-state index contributed by atoms with van der Waals surface area (Å²) in [7, 11) is 0. The molecule has 0 saturated heterocycles. The van der Waals surface area contributed by atoms with Gasteiger partial charge in [0.15, 0.2) is 0 Å². The zero-order valence-corrected chi connectivity index (χ0v) is 12.2. The minimum Gasteiger partial charge on any atom is -0.381 e. The molecule has 102 valence electrons. The van der Waals surface area contributed by atoms with Gasteiger partial charge in [-0.2, -0.15) is 5.26 Å². The summed E-state index contributed by atoms with van der Waals surface area (Å²) in [5, 5.41) is 12.7. The van der Waals surface area contributed by atoms with Gasteiger partial charge in [0.1, 0.15) is 6.07 Å². The summed E-state index contributed by atoms with van der Waals surface area (Å²) in [6, 6.07) is 8.58. The van der Waals surface area contributed by atoms with E-state index in [1.54, 1.807) is 0 Å². The van der Waals surface area contributed by atoms with E-state index in [1.807, 2.05) is 32.0 Å². The molecule has 3 heteroatoms. The minimum atomic E-state index is 0.105. The smallest absolute Gasteiger partial charge is 0.101 e. The van der Waals surface area contributed by atoms with Crippen LogP contribution in [0.15, 0.2) is 18.2 Å². The third-order valence-corrected chi connectivity index (χ3v) is 4.17. The molecule has 0 aromatic heterocycles. The van der Waals surface area contributed by atoms with Crippen molar-refractivity contribution in [1.29, 1.82) is 5.26 Å². The number of benzene rings is 1. The summed E-state index contributed by atoms with van der Waals surface area (Å²) >= 11 is 0. The average molecular weight is 258 g/mol. The summed E-state index contributed by atoms with van der Waals surface area (Å²) in [6.45, 7) is 9.23. The predicted molar refractivity (Wildman–Crippen MR) is 77.1 cm³/mol. The molecule has 19 heavy (non-hydrogen) atoms. The van der Waals surface area contributed by atoms with E-state index in [4.69, 9.17) is 4.74 Å². The summed E-state index contributed by atoms with van der Waals surface area (Å²) in [5.41, 5.74) is 2.87. The maximum absolute atomic E-state index is 9.20. The van der Waals surface area contributed by atoms with Crippen LogP contribution in [-0.4, -0.2) is 18.8 Å². The van der Waals surface area contributed by atoms with Crippen LogP contribution >= 0.6 is 0 Å². The number of nitrogens with one attached hydrogen (secondary N) is 1. The van der Waals surface area contributed by atoms with Gasteiger partial charge in [0.05, 0.1) is 17.4 Å². The van der Waals surface area contributed by atoms with E-state index in [2.05, 4.69) is 25.2 Å². The van der Waals surface area contributed by atoms with E-state index in [-0.39, 0.29) is 5.41 Å². The standard InChI is InChI=1S/C16H22N2O/c1-5-19-15-9-14(16(15,3)4)18-13-7-6-11(2)8-12(13)10-17/h6-8,14-15,18H,5,9H2,1-4H3. The number of nitriles is 1. The largest absolute Gasteiger partial charge is 0.381 e. The van der Waals surface area contributed by atoms with Crippen LogP contribution in [0.2, 0.25) is 0 Å². The fourth-order valence-electron chi connectivity index (χ4n) is 2.68. The number of rotatable bonds is 4. The van der Waals surface area contributed by atoms with Crippen LogP contribution in [0.4, 0.5) is 5.69 Å². The Balaban J connectivity index is 2.10. The molecule has 0 heterocycles. The molecule has 2 unspecified atom stereocenters. The lowest BCUT2D eigenvalue weighted by molar-refractivity contribution is -0.0976. The van der Waals surface area contributed by atoms with Gasteiger partial charge in [0, 0.05) is 18.1 Å². The lowest BCUT2D eigenvalue weighted by Crippen LogP contribution is -2.58. The molecule has 0 aliphatic heterocycles. The zero-order valence-electron chi connectivity index (χ0n) is 12.2. The molecule has 1 aliphatic carbocycles. The normalized spacial score (nSPS) is 24.4. The first-order valence-electron chi connectivity index (χ1n) is 6.88.